The number of ketones is 1. The fraction of sp³-hybridized carbons (Fsp3) is 0.0667. The van der Waals surface area contributed by atoms with E-state index in [0.29, 0.717) is 16.3 Å². The number of esters is 1. The molecule has 0 fully saturated rings. The van der Waals surface area contributed by atoms with Crippen molar-refractivity contribution in [2.45, 2.75) is 6.42 Å². The first-order valence-electron chi connectivity index (χ1n) is 5.69. The van der Waals surface area contributed by atoms with Crippen molar-refractivity contribution < 1.29 is 14.3 Å². The molecule has 3 nitrogen and oxygen atoms in total. The van der Waals surface area contributed by atoms with Crippen molar-refractivity contribution in [2.24, 2.45) is 0 Å². The lowest BCUT2D eigenvalue weighted by atomic mass is 10.1. The summed E-state index contributed by atoms with van der Waals surface area (Å²) in [5.74, 6) is -0.444. The van der Waals surface area contributed by atoms with E-state index in [1.165, 1.54) is 0 Å². The molecule has 2 rings (SSSR count). The third-order valence-corrected chi connectivity index (χ3v) is 2.70. The average Bonchev–Trinajstić information content (AvgIpc) is 2.40. The Bertz CT molecular complexity index is 576. The summed E-state index contributed by atoms with van der Waals surface area (Å²) in [6.07, 6.45) is -0.295. The minimum atomic E-state index is -0.578. The lowest BCUT2D eigenvalue weighted by Crippen LogP contribution is -2.14. The lowest BCUT2D eigenvalue weighted by molar-refractivity contribution is -0.133. The molecule has 0 aliphatic carbocycles. The highest BCUT2D eigenvalue weighted by molar-refractivity contribution is 6.30. The lowest BCUT2D eigenvalue weighted by Gasteiger charge is -2.03. The summed E-state index contributed by atoms with van der Waals surface area (Å²) in [5.41, 5.74) is 0.439. The largest absolute Gasteiger partial charge is 0.426 e. The third-order valence-electron chi connectivity index (χ3n) is 2.45. The van der Waals surface area contributed by atoms with Gasteiger partial charge in [0.1, 0.15) is 12.2 Å². The molecule has 2 aromatic rings. The number of halogens is 1. The van der Waals surface area contributed by atoms with Gasteiger partial charge in [-0.25, -0.2) is 0 Å². The number of hydrogen-bond acceptors (Lipinski definition) is 3. The van der Waals surface area contributed by atoms with Crippen LogP contribution in [0.3, 0.4) is 0 Å². The van der Waals surface area contributed by atoms with Gasteiger partial charge in [-0.2, -0.15) is 0 Å². The Kier molecular flexibility index (Phi) is 4.31. The quantitative estimate of drug-likeness (QED) is 0.371. The number of carbonyl (C=O) groups excluding carboxylic acids is 2. The van der Waals surface area contributed by atoms with Crippen LogP contribution < -0.4 is 4.74 Å². The number of carbonyl (C=O) groups is 2. The molecule has 2 aromatic carbocycles. The van der Waals surface area contributed by atoms with Gasteiger partial charge in [0, 0.05) is 10.6 Å². The Balaban J connectivity index is 1.95. The van der Waals surface area contributed by atoms with Crippen LogP contribution in [0.25, 0.3) is 0 Å². The van der Waals surface area contributed by atoms with E-state index in [9.17, 15) is 9.59 Å². The average molecular weight is 275 g/mol. The van der Waals surface area contributed by atoms with Gasteiger partial charge >= 0.3 is 5.97 Å². The molecular weight excluding hydrogens is 264 g/mol. The number of Topliss-reactive ketones (excluding diaryl/α,β-unsaturated/α-hetero) is 1. The summed E-state index contributed by atoms with van der Waals surface area (Å²) >= 11 is 5.73. The SMILES string of the molecule is O=C(CC(=O)c1ccc(Cl)cc1)Oc1ccccc1. The molecule has 0 N–H and O–H groups in total. The molecule has 0 radical (unpaired) electrons. The highest BCUT2D eigenvalue weighted by Gasteiger charge is 2.13. The molecule has 0 heterocycles. The molecule has 0 bridgehead atoms. The minimum absolute atomic E-state index is 0.294. The van der Waals surface area contributed by atoms with Gasteiger partial charge in [-0.3, -0.25) is 9.59 Å². The van der Waals surface area contributed by atoms with Crippen LogP contribution in [0.4, 0.5) is 0 Å². The van der Waals surface area contributed by atoms with Gasteiger partial charge in [-0.05, 0) is 36.4 Å². The summed E-state index contributed by atoms with van der Waals surface area (Å²) in [5, 5.41) is 0.545. The zero-order chi connectivity index (χ0) is 13.7. The van der Waals surface area contributed by atoms with Gasteiger partial charge in [0.2, 0.25) is 0 Å². The van der Waals surface area contributed by atoms with Crippen molar-refractivity contribution in [3.8, 4) is 5.75 Å². The van der Waals surface area contributed by atoms with Gasteiger partial charge in [-0.15, -0.1) is 0 Å². The standard InChI is InChI=1S/C15H11ClO3/c16-12-8-6-11(7-9-12)14(17)10-15(18)19-13-4-2-1-3-5-13/h1-9H,10H2. The summed E-state index contributed by atoms with van der Waals surface area (Å²) in [4.78, 5) is 23.4. The van der Waals surface area contributed by atoms with E-state index in [1.54, 1.807) is 48.5 Å². The van der Waals surface area contributed by atoms with Crippen molar-refractivity contribution in [2.75, 3.05) is 0 Å². The zero-order valence-electron chi connectivity index (χ0n) is 10.0. The normalized spacial score (nSPS) is 9.95. The van der Waals surface area contributed by atoms with Crippen molar-refractivity contribution in [3.63, 3.8) is 0 Å². The summed E-state index contributed by atoms with van der Waals surface area (Å²) in [6.45, 7) is 0. The van der Waals surface area contributed by atoms with Gasteiger partial charge in [0.05, 0.1) is 0 Å². The molecule has 0 amide bonds. The van der Waals surface area contributed by atoms with E-state index in [0.717, 1.165) is 0 Å². The number of ether oxygens (including phenoxy) is 1. The molecule has 0 aromatic heterocycles. The fourth-order valence-corrected chi connectivity index (χ4v) is 1.65. The molecule has 4 heteroatoms. The Labute approximate surface area is 115 Å². The molecule has 0 aliphatic heterocycles. The smallest absolute Gasteiger partial charge is 0.319 e. The molecule has 0 aliphatic rings. The third kappa shape index (κ3) is 3.93. The molecule has 0 saturated carbocycles. The second-order valence-corrected chi connectivity index (χ2v) is 4.33. The first-order chi connectivity index (χ1) is 9.15. The van der Waals surface area contributed by atoms with Gasteiger partial charge in [0.25, 0.3) is 0 Å². The number of rotatable bonds is 4. The van der Waals surface area contributed by atoms with Crippen molar-refractivity contribution in [1.82, 2.24) is 0 Å². The maximum atomic E-state index is 11.8. The molecule has 0 unspecified atom stereocenters. The minimum Gasteiger partial charge on any atom is -0.426 e. The number of para-hydroxylation sites is 1. The van der Waals surface area contributed by atoms with Crippen molar-refractivity contribution in [3.05, 3.63) is 65.2 Å². The van der Waals surface area contributed by atoms with E-state index in [1.807, 2.05) is 6.07 Å². The summed E-state index contributed by atoms with van der Waals surface area (Å²) in [6, 6.07) is 15.0. The Morgan fingerprint density at radius 1 is 0.947 bits per heavy atom. The van der Waals surface area contributed by atoms with Gasteiger partial charge in [0.15, 0.2) is 5.78 Å². The summed E-state index contributed by atoms with van der Waals surface area (Å²) in [7, 11) is 0. The highest BCUT2D eigenvalue weighted by Crippen LogP contribution is 2.13. The van der Waals surface area contributed by atoms with Crippen LogP contribution in [0.5, 0.6) is 5.75 Å². The second kappa shape index (κ2) is 6.16. The highest BCUT2D eigenvalue weighted by atomic mass is 35.5. The van der Waals surface area contributed by atoms with Crippen LogP contribution in [0.2, 0.25) is 5.02 Å². The van der Waals surface area contributed by atoms with Crippen LogP contribution in [-0.4, -0.2) is 11.8 Å². The van der Waals surface area contributed by atoms with E-state index in [4.69, 9.17) is 16.3 Å². The zero-order valence-corrected chi connectivity index (χ0v) is 10.8. The topological polar surface area (TPSA) is 43.4 Å². The fourth-order valence-electron chi connectivity index (χ4n) is 1.53. The number of benzene rings is 2. The maximum absolute atomic E-state index is 11.8. The second-order valence-electron chi connectivity index (χ2n) is 3.89. The first kappa shape index (κ1) is 13.3. The molecule has 0 atom stereocenters. The molecule has 19 heavy (non-hydrogen) atoms. The van der Waals surface area contributed by atoms with E-state index < -0.39 is 5.97 Å². The maximum Gasteiger partial charge on any atom is 0.319 e. The van der Waals surface area contributed by atoms with E-state index >= 15 is 0 Å². The Morgan fingerprint density at radius 3 is 2.21 bits per heavy atom. The first-order valence-corrected chi connectivity index (χ1v) is 6.07. The Hall–Kier alpha value is -2.13. The molecule has 0 saturated heterocycles. The van der Waals surface area contributed by atoms with Crippen LogP contribution in [0.1, 0.15) is 16.8 Å². The molecular formula is C15H11ClO3. The van der Waals surface area contributed by atoms with Crippen LogP contribution in [0, 0.1) is 0 Å². The van der Waals surface area contributed by atoms with Crippen molar-refractivity contribution in [1.29, 1.82) is 0 Å². The molecule has 96 valence electrons. The van der Waals surface area contributed by atoms with E-state index in [-0.39, 0.29) is 12.2 Å². The predicted octanol–water partition coefficient (Wildman–Crippen LogP) is 3.52. The van der Waals surface area contributed by atoms with Crippen LogP contribution in [-0.2, 0) is 4.79 Å². The monoisotopic (exact) mass is 274 g/mol. The summed E-state index contributed by atoms with van der Waals surface area (Å²) < 4.78 is 5.04. The Morgan fingerprint density at radius 2 is 1.58 bits per heavy atom. The van der Waals surface area contributed by atoms with Gasteiger partial charge < -0.3 is 4.74 Å². The number of hydrogen-bond donors (Lipinski definition) is 0. The van der Waals surface area contributed by atoms with Crippen LogP contribution >= 0.6 is 11.6 Å². The van der Waals surface area contributed by atoms with Crippen molar-refractivity contribution >= 4 is 23.4 Å². The van der Waals surface area contributed by atoms with Crippen LogP contribution in [0.15, 0.2) is 54.6 Å². The predicted molar refractivity (Wildman–Crippen MR) is 72.5 cm³/mol. The molecule has 0 spiro atoms. The van der Waals surface area contributed by atoms with E-state index in [2.05, 4.69) is 0 Å². The van der Waals surface area contributed by atoms with Gasteiger partial charge in [-0.1, -0.05) is 29.8 Å².